The lowest BCUT2D eigenvalue weighted by Gasteiger charge is -2.26. The third kappa shape index (κ3) is 5.36. The maximum Gasteiger partial charge on any atom is 0.251 e. The summed E-state index contributed by atoms with van der Waals surface area (Å²) in [7, 11) is 0. The molecule has 2 rings (SSSR count). The van der Waals surface area contributed by atoms with E-state index in [0.717, 1.165) is 38.5 Å². The van der Waals surface area contributed by atoms with Crippen LogP contribution in [-0.4, -0.2) is 29.1 Å². The highest BCUT2D eigenvalue weighted by Gasteiger charge is 2.28. The van der Waals surface area contributed by atoms with E-state index in [0.29, 0.717) is 17.7 Å². The minimum absolute atomic E-state index is 0.0877. The first-order valence-electron chi connectivity index (χ1n) is 8.43. The fourth-order valence-electron chi connectivity index (χ4n) is 2.90. The van der Waals surface area contributed by atoms with Crippen LogP contribution in [0.25, 0.3) is 0 Å². The van der Waals surface area contributed by atoms with Crippen LogP contribution < -0.4 is 10.6 Å². The molecule has 0 aromatic heterocycles. The zero-order chi connectivity index (χ0) is 16.7. The van der Waals surface area contributed by atoms with Gasteiger partial charge in [0.25, 0.3) is 5.91 Å². The summed E-state index contributed by atoms with van der Waals surface area (Å²) in [6, 6.07) is 6.85. The zero-order valence-electron chi connectivity index (χ0n) is 13.7. The molecule has 0 aliphatic heterocycles. The van der Waals surface area contributed by atoms with Crippen molar-refractivity contribution in [3.8, 4) is 0 Å². The van der Waals surface area contributed by atoms with E-state index in [-0.39, 0.29) is 18.4 Å². The monoisotopic (exact) mass is 318 g/mol. The fourth-order valence-corrected chi connectivity index (χ4v) is 2.90. The Hall–Kier alpha value is -1.88. The molecule has 126 valence electrons. The van der Waals surface area contributed by atoms with Crippen LogP contribution >= 0.6 is 0 Å². The molecule has 0 spiro atoms. The highest BCUT2D eigenvalue weighted by molar-refractivity contribution is 5.97. The van der Waals surface area contributed by atoms with Crippen LogP contribution in [0.15, 0.2) is 24.3 Å². The van der Waals surface area contributed by atoms with Crippen LogP contribution in [0.3, 0.4) is 0 Å². The van der Waals surface area contributed by atoms with Crippen LogP contribution in [-0.2, 0) is 4.79 Å². The van der Waals surface area contributed by atoms with Crippen molar-refractivity contribution in [2.45, 2.75) is 57.5 Å². The molecule has 1 fully saturated rings. The maximum absolute atomic E-state index is 12.3. The lowest BCUT2D eigenvalue weighted by atomic mass is 9.94. The Morgan fingerprint density at radius 1 is 1.17 bits per heavy atom. The first kappa shape index (κ1) is 17.5. The van der Waals surface area contributed by atoms with Gasteiger partial charge in [-0.3, -0.25) is 9.59 Å². The van der Waals surface area contributed by atoms with E-state index < -0.39 is 5.60 Å². The van der Waals surface area contributed by atoms with Crippen molar-refractivity contribution < 1.29 is 14.7 Å². The predicted octanol–water partition coefficient (Wildman–Crippen LogP) is 2.85. The third-order valence-electron chi connectivity index (χ3n) is 4.34. The molecule has 0 saturated heterocycles. The van der Waals surface area contributed by atoms with E-state index in [1.807, 2.05) is 0 Å². The van der Waals surface area contributed by atoms with Crippen molar-refractivity contribution in [2.75, 3.05) is 11.9 Å². The molecular formula is C18H26N2O3. The zero-order valence-corrected chi connectivity index (χ0v) is 13.7. The van der Waals surface area contributed by atoms with E-state index in [1.165, 1.54) is 0 Å². The van der Waals surface area contributed by atoms with E-state index in [9.17, 15) is 14.7 Å². The molecule has 1 aromatic carbocycles. The number of rotatable bonds is 5. The SMILES string of the molecule is CCC(=O)Nc1cccc(C(=O)NCC2(O)CCCCCC2)c1. The number of anilines is 1. The minimum Gasteiger partial charge on any atom is -0.388 e. The van der Waals surface area contributed by atoms with E-state index >= 15 is 0 Å². The average Bonchev–Trinajstić information content (AvgIpc) is 2.78. The Bertz CT molecular complexity index is 549. The summed E-state index contributed by atoms with van der Waals surface area (Å²) in [6.07, 6.45) is 6.17. The van der Waals surface area contributed by atoms with Crippen LogP contribution in [0.1, 0.15) is 62.2 Å². The number of hydrogen-bond acceptors (Lipinski definition) is 3. The molecule has 0 heterocycles. The molecule has 0 bridgehead atoms. The van der Waals surface area contributed by atoms with Crippen molar-refractivity contribution in [3.05, 3.63) is 29.8 Å². The van der Waals surface area contributed by atoms with Crippen LogP contribution in [0.5, 0.6) is 0 Å². The van der Waals surface area contributed by atoms with Crippen molar-refractivity contribution in [3.63, 3.8) is 0 Å². The summed E-state index contributed by atoms with van der Waals surface area (Å²) in [5.74, 6) is -0.314. The molecule has 3 N–H and O–H groups in total. The van der Waals surface area contributed by atoms with Gasteiger partial charge in [0.15, 0.2) is 0 Å². The summed E-state index contributed by atoms with van der Waals surface area (Å²) >= 11 is 0. The standard InChI is InChI=1S/C18H26N2O3/c1-2-16(21)20-15-9-7-8-14(12-15)17(22)19-13-18(23)10-5-3-4-6-11-18/h7-9,12,23H,2-6,10-11,13H2,1H3,(H,19,22)(H,20,21). The first-order valence-corrected chi connectivity index (χ1v) is 8.43. The quantitative estimate of drug-likeness (QED) is 0.731. The maximum atomic E-state index is 12.3. The van der Waals surface area contributed by atoms with E-state index in [2.05, 4.69) is 10.6 Å². The molecule has 1 aliphatic rings. The van der Waals surface area contributed by atoms with Gasteiger partial charge in [0, 0.05) is 24.2 Å². The second kappa shape index (κ2) is 8.11. The number of aliphatic hydroxyl groups is 1. The predicted molar refractivity (Wildman–Crippen MR) is 90.3 cm³/mol. The third-order valence-corrected chi connectivity index (χ3v) is 4.34. The minimum atomic E-state index is -0.791. The molecule has 0 radical (unpaired) electrons. The molecule has 1 saturated carbocycles. The van der Waals surface area contributed by atoms with Crippen molar-refractivity contribution >= 4 is 17.5 Å². The second-order valence-corrected chi connectivity index (χ2v) is 6.30. The summed E-state index contributed by atoms with van der Waals surface area (Å²) in [5.41, 5.74) is 0.300. The summed E-state index contributed by atoms with van der Waals surface area (Å²) in [6.45, 7) is 2.05. The topological polar surface area (TPSA) is 78.4 Å². The summed E-state index contributed by atoms with van der Waals surface area (Å²) < 4.78 is 0. The van der Waals surface area contributed by atoms with Gasteiger partial charge in [-0.05, 0) is 31.0 Å². The van der Waals surface area contributed by atoms with Crippen LogP contribution in [0.4, 0.5) is 5.69 Å². The lowest BCUT2D eigenvalue weighted by molar-refractivity contribution is -0.115. The van der Waals surface area contributed by atoms with Gasteiger partial charge in [0.05, 0.1) is 5.60 Å². The van der Waals surface area contributed by atoms with E-state index in [1.54, 1.807) is 31.2 Å². The highest BCUT2D eigenvalue weighted by Crippen LogP contribution is 2.26. The summed E-state index contributed by atoms with van der Waals surface area (Å²) in [4.78, 5) is 23.7. The van der Waals surface area contributed by atoms with Crippen molar-refractivity contribution in [2.24, 2.45) is 0 Å². The van der Waals surface area contributed by atoms with Gasteiger partial charge in [-0.1, -0.05) is 38.7 Å². The molecule has 1 aliphatic carbocycles. The number of carbonyl (C=O) groups is 2. The van der Waals surface area contributed by atoms with Gasteiger partial charge in [-0.25, -0.2) is 0 Å². The normalized spacial score (nSPS) is 17.1. The van der Waals surface area contributed by atoms with E-state index in [4.69, 9.17) is 0 Å². The largest absolute Gasteiger partial charge is 0.388 e. The number of nitrogens with one attached hydrogen (secondary N) is 2. The number of hydrogen-bond donors (Lipinski definition) is 3. The molecular weight excluding hydrogens is 292 g/mol. The van der Waals surface area contributed by atoms with Gasteiger partial charge in [-0.2, -0.15) is 0 Å². The molecule has 0 atom stereocenters. The Kier molecular flexibility index (Phi) is 6.16. The number of benzene rings is 1. The Morgan fingerprint density at radius 2 is 1.87 bits per heavy atom. The van der Waals surface area contributed by atoms with Gasteiger partial charge in [-0.15, -0.1) is 0 Å². The molecule has 5 nitrogen and oxygen atoms in total. The smallest absolute Gasteiger partial charge is 0.251 e. The average molecular weight is 318 g/mol. The Labute approximate surface area is 137 Å². The molecule has 2 amide bonds. The Morgan fingerprint density at radius 3 is 2.52 bits per heavy atom. The van der Waals surface area contributed by atoms with Gasteiger partial charge >= 0.3 is 0 Å². The van der Waals surface area contributed by atoms with Gasteiger partial charge < -0.3 is 15.7 Å². The van der Waals surface area contributed by atoms with Crippen molar-refractivity contribution in [1.29, 1.82) is 0 Å². The molecule has 0 unspecified atom stereocenters. The molecule has 5 heteroatoms. The van der Waals surface area contributed by atoms with Crippen molar-refractivity contribution in [1.82, 2.24) is 5.32 Å². The number of amides is 2. The first-order chi connectivity index (χ1) is 11.0. The van der Waals surface area contributed by atoms with Gasteiger partial charge in [0.2, 0.25) is 5.91 Å². The van der Waals surface area contributed by atoms with Crippen LogP contribution in [0.2, 0.25) is 0 Å². The lowest BCUT2D eigenvalue weighted by Crippen LogP contribution is -2.42. The number of carbonyl (C=O) groups excluding carboxylic acids is 2. The highest BCUT2D eigenvalue weighted by atomic mass is 16.3. The second-order valence-electron chi connectivity index (χ2n) is 6.30. The molecule has 23 heavy (non-hydrogen) atoms. The van der Waals surface area contributed by atoms with Gasteiger partial charge in [0.1, 0.15) is 0 Å². The molecule has 1 aromatic rings. The Balaban J connectivity index is 1.94. The fraction of sp³-hybridized carbons (Fsp3) is 0.556. The van der Waals surface area contributed by atoms with Crippen LogP contribution in [0, 0.1) is 0 Å². The summed E-state index contributed by atoms with van der Waals surface area (Å²) in [5, 5.41) is 16.2.